The summed E-state index contributed by atoms with van der Waals surface area (Å²) in [5, 5.41) is 11.5. The summed E-state index contributed by atoms with van der Waals surface area (Å²) in [6.07, 6.45) is -0.0621. The van der Waals surface area contributed by atoms with Crippen LogP contribution in [0.3, 0.4) is 0 Å². The second-order valence-electron chi connectivity index (χ2n) is 10.2. The van der Waals surface area contributed by atoms with Crippen molar-refractivity contribution < 1.29 is 29.0 Å². The molecule has 0 spiro atoms. The molecule has 0 radical (unpaired) electrons. The standard InChI is InChI=1S/C27H32N2O6/c1-26(2,24(32)29-16-27(3,17-29)35-15-23(30)31)12-13-28-25(33)34-14-22-20-10-6-4-8-18(20)19-9-5-7-11-21(19)22/h4-11,22H,12-17H2,1-3H3,(H,28,33)(H,30,31). The Hall–Kier alpha value is -3.39. The molecule has 1 heterocycles. The topological polar surface area (TPSA) is 105 Å². The number of hydrogen-bond acceptors (Lipinski definition) is 5. The van der Waals surface area contributed by atoms with E-state index in [1.165, 1.54) is 11.1 Å². The fourth-order valence-corrected chi connectivity index (χ4v) is 4.89. The Labute approximate surface area is 205 Å². The zero-order valence-corrected chi connectivity index (χ0v) is 20.4. The molecule has 0 bridgehead atoms. The van der Waals surface area contributed by atoms with Gasteiger partial charge in [-0.25, -0.2) is 9.59 Å². The maximum absolute atomic E-state index is 12.9. The zero-order valence-electron chi connectivity index (χ0n) is 20.4. The van der Waals surface area contributed by atoms with Crippen molar-refractivity contribution in [2.45, 2.75) is 38.7 Å². The van der Waals surface area contributed by atoms with E-state index in [1.807, 2.05) is 38.1 Å². The zero-order chi connectivity index (χ0) is 25.2. The fourth-order valence-electron chi connectivity index (χ4n) is 4.89. The minimum Gasteiger partial charge on any atom is -0.480 e. The summed E-state index contributed by atoms with van der Waals surface area (Å²) in [6.45, 7) is 6.33. The van der Waals surface area contributed by atoms with E-state index < -0.39 is 23.1 Å². The average molecular weight is 481 g/mol. The van der Waals surface area contributed by atoms with E-state index in [0.717, 1.165) is 11.1 Å². The number of carbonyl (C=O) groups excluding carboxylic acids is 2. The predicted molar refractivity (Wildman–Crippen MR) is 130 cm³/mol. The number of hydrogen-bond donors (Lipinski definition) is 2. The van der Waals surface area contributed by atoms with Crippen LogP contribution in [0.1, 0.15) is 44.2 Å². The summed E-state index contributed by atoms with van der Waals surface area (Å²) >= 11 is 0. The summed E-state index contributed by atoms with van der Waals surface area (Å²) in [6, 6.07) is 16.3. The number of rotatable bonds is 9. The fraction of sp³-hybridized carbons (Fsp3) is 0.444. The van der Waals surface area contributed by atoms with Gasteiger partial charge in [0.2, 0.25) is 5.91 Å². The molecule has 2 N–H and O–H groups in total. The summed E-state index contributed by atoms with van der Waals surface area (Å²) < 4.78 is 10.9. The normalized spacial score (nSPS) is 16.1. The number of fused-ring (bicyclic) bond motifs is 3. The molecule has 1 saturated heterocycles. The van der Waals surface area contributed by atoms with Gasteiger partial charge >= 0.3 is 12.1 Å². The largest absolute Gasteiger partial charge is 0.480 e. The Morgan fingerprint density at radius 3 is 2.20 bits per heavy atom. The van der Waals surface area contributed by atoms with Crippen molar-refractivity contribution in [1.29, 1.82) is 0 Å². The first-order valence-corrected chi connectivity index (χ1v) is 11.8. The molecule has 2 aromatic carbocycles. The first-order chi connectivity index (χ1) is 16.6. The lowest BCUT2D eigenvalue weighted by molar-refractivity contribution is -0.178. The molecular weight excluding hydrogens is 448 g/mol. The van der Waals surface area contributed by atoms with Crippen molar-refractivity contribution >= 4 is 18.0 Å². The van der Waals surface area contributed by atoms with Crippen LogP contribution >= 0.6 is 0 Å². The van der Waals surface area contributed by atoms with E-state index in [0.29, 0.717) is 26.1 Å². The van der Waals surface area contributed by atoms with Crippen LogP contribution in [0.25, 0.3) is 11.1 Å². The van der Waals surface area contributed by atoms with E-state index in [-0.39, 0.29) is 25.0 Å². The highest BCUT2D eigenvalue weighted by Gasteiger charge is 2.46. The first-order valence-electron chi connectivity index (χ1n) is 11.8. The average Bonchev–Trinajstić information content (AvgIpc) is 3.13. The van der Waals surface area contributed by atoms with Gasteiger partial charge < -0.3 is 24.8 Å². The lowest BCUT2D eigenvalue weighted by Gasteiger charge is -2.49. The summed E-state index contributed by atoms with van der Waals surface area (Å²) in [5.74, 6) is -1.09. The van der Waals surface area contributed by atoms with Crippen molar-refractivity contribution in [3.05, 3.63) is 59.7 Å². The Balaban J connectivity index is 1.23. The maximum Gasteiger partial charge on any atom is 0.407 e. The van der Waals surface area contributed by atoms with Gasteiger partial charge in [-0.05, 0) is 35.6 Å². The van der Waals surface area contributed by atoms with E-state index in [9.17, 15) is 14.4 Å². The summed E-state index contributed by atoms with van der Waals surface area (Å²) in [4.78, 5) is 37.7. The number of carboxylic acid groups (broad SMARTS) is 1. The summed E-state index contributed by atoms with van der Waals surface area (Å²) in [5.41, 5.74) is 3.33. The van der Waals surface area contributed by atoms with Gasteiger partial charge in [0.15, 0.2) is 0 Å². The molecule has 186 valence electrons. The number of nitrogens with zero attached hydrogens (tertiary/aromatic N) is 1. The van der Waals surface area contributed by atoms with Crippen molar-refractivity contribution in [3.63, 3.8) is 0 Å². The SMILES string of the molecule is CC1(OCC(=O)O)CN(C(=O)C(C)(C)CCNC(=O)OCC2c3ccccc3-c3ccccc32)C1. The Bertz CT molecular complexity index is 1080. The predicted octanol–water partition coefficient (Wildman–Crippen LogP) is 3.64. The van der Waals surface area contributed by atoms with Crippen molar-refractivity contribution in [2.75, 3.05) is 32.8 Å². The molecule has 0 unspecified atom stereocenters. The number of benzene rings is 2. The van der Waals surface area contributed by atoms with Crippen molar-refractivity contribution in [1.82, 2.24) is 10.2 Å². The molecule has 4 rings (SSSR count). The van der Waals surface area contributed by atoms with Gasteiger partial charge in [0.25, 0.3) is 0 Å². The van der Waals surface area contributed by atoms with Crippen LogP contribution in [0.15, 0.2) is 48.5 Å². The van der Waals surface area contributed by atoms with Gasteiger partial charge in [0.05, 0.1) is 13.1 Å². The van der Waals surface area contributed by atoms with E-state index in [4.69, 9.17) is 14.6 Å². The molecule has 0 atom stereocenters. The quantitative estimate of drug-likeness (QED) is 0.568. The molecule has 1 aliphatic carbocycles. The van der Waals surface area contributed by atoms with Crippen molar-refractivity contribution in [2.24, 2.45) is 5.41 Å². The van der Waals surface area contributed by atoms with Gasteiger partial charge in [-0.15, -0.1) is 0 Å². The lowest BCUT2D eigenvalue weighted by Crippen LogP contribution is -2.65. The van der Waals surface area contributed by atoms with Crippen LogP contribution in [-0.4, -0.2) is 66.4 Å². The highest BCUT2D eigenvalue weighted by molar-refractivity contribution is 5.83. The smallest absolute Gasteiger partial charge is 0.407 e. The van der Waals surface area contributed by atoms with Gasteiger partial charge in [0.1, 0.15) is 18.8 Å². The van der Waals surface area contributed by atoms with Gasteiger partial charge in [-0.3, -0.25) is 4.79 Å². The van der Waals surface area contributed by atoms with Gasteiger partial charge in [-0.2, -0.15) is 0 Å². The van der Waals surface area contributed by atoms with Crippen LogP contribution in [0.4, 0.5) is 4.79 Å². The van der Waals surface area contributed by atoms with Crippen LogP contribution < -0.4 is 5.32 Å². The highest BCUT2D eigenvalue weighted by atomic mass is 16.5. The number of likely N-dealkylation sites (tertiary alicyclic amines) is 1. The monoisotopic (exact) mass is 480 g/mol. The first kappa shape index (κ1) is 24.7. The highest BCUT2D eigenvalue weighted by Crippen LogP contribution is 2.44. The minimum absolute atomic E-state index is 0.00441. The third-order valence-corrected chi connectivity index (χ3v) is 6.82. The molecule has 2 aromatic rings. The van der Waals surface area contributed by atoms with E-state index in [2.05, 4.69) is 29.6 Å². The maximum atomic E-state index is 12.9. The molecule has 8 nitrogen and oxygen atoms in total. The third-order valence-electron chi connectivity index (χ3n) is 6.82. The lowest BCUT2D eigenvalue weighted by atomic mass is 9.84. The van der Waals surface area contributed by atoms with Crippen LogP contribution in [0, 0.1) is 5.41 Å². The van der Waals surface area contributed by atoms with Crippen LogP contribution in [0.5, 0.6) is 0 Å². The Kier molecular flexibility index (Phi) is 6.85. The van der Waals surface area contributed by atoms with Crippen LogP contribution in [-0.2, 0) is 19.1 Å². The van der Waals surface area contributed by atoms with E-state index in [1.54, 1.807) is 11.8 Å². The number of carbonyl (C=O) groups is 3. The molecule has 2 aliphatic rings. The molecule has 0 aromatic heterocycles. The second kappa shape index (κ2) is 9.70. The summed E-state index contributed by atoms with van der Waals surface area (Å²) in [7, 11) is 0. The second-order valence-corrected chi connectivity index (χ2v) is 10.2. The minimum atomic E-state index is -1.03. The molecule has 35 heavy (non-hydrogen) atoms. The third kappa shape index (κ3) is 5.32. The van der Waals surface area contributed by atoms with E-state index >= 15 is 0 Å². The number of alkyl carbamates (subject to hydrolysis) is 1. The van der Waals surface area contributed by atoms with Gasteiger partial charge in [0, 0.05) is 17.9 Å². The Morgan fingerprint density at radius 2 is 1.63 bits per heavy atom. The Morgan fingerprint density at radius 1 is 1.06 bits per heavy atom. The van der Waals surface area contributed by atoms with Crippen LogP contribution in [0.2, 0.25) is 0 Å². The molecule has 0 saturated carbocycles. The van der Waals surface area contributed by atoms with Crippen molar-refractivity contribution in [3.8, 4) is 11.1 Å². The molecule has 1 aliphatic heterocycles. The number of carboxylic acids is 1. The number of nitrogens with one attached hydrogen (secondary N) is 1. The van der Waals surface area contributed by atoms with Gasteiger partial charge in [-0.1, -0.05) is 62.4 Å². The number of aliphatic carboxylic acids is 1. The number of amides is 2. The molecule has 2 amide bonds. The number of ether oxygens (including phenoxy) is 2. The molecule has 1 fully saturated rings. The molecule has 8 heteroatoms. The molecular formula is C27H32N2O6.